The molecule has 150 valence electrons. The Morgan fingerprint density at radius 3 is 2.56 bits per heavy atom. The van der Waals surface area contributed by atoms with Crippen molar-refractivity contribution < 1.29 is 4.43 Å². The van der Waals surface area contributed by atoms with Crippen molar-refractivity contribution in [3.63, 3.8) is 0 Å². The molecule has 27 heavy (non-hydrogen) atoms. The standard InChI is InChI=1S/C23H38N2OSi/c1-18(23(2,3)4)13-14-22(26-27(5)6)25-16-9-10-19-15-17-24-21-12-8-7-11-20(19)21/h7-8,11-12,15,17-18,22,25,27H,9-10,13-14,16H2,1-6H3. The number of hydrogen-bond acceptors (Lipinski definition) is 3. The molecule has 1 aromatic carbocycles. The van der Waals surface area contributed by atoms with Crippen molar-refractivity contribution in [3.8, 4) is 0 Å². The number of rotatable bonds is 10. The Balaban J connectivity index is 1.84. The Hall–Kier alpha value is -1.23. The van der Waals surface area contributed by atoms with Gasteiger partial charge in [-0.25, -0.2) is 0 Å². The summed E-state index contributed by atoms with van der Waals surface area (Å²) in [4.78, 5) is 4.46. The monoisotopic (exact) mass is 386 g/mol. The van der Waals surface area contributed by atoms with Crippen LogP contribution in [0, 0.1) is 11.3 Å². The first-order valence-electron chi connectivity index (χ1n) is 10.5. The molecule has 0 spiro atoms. The van der Waals surface area contributed by atoms with Crippen molar-refractivity contribution in [3.05, 3.63) is 42.1 Å². The van der Waals surface area contributed by atoms with E-state index in [-0.39, 0.29) is 6.23 Å². The number of hydrogen-bond donors (Lipinski definition) is 1. The molecule has 0 bridgehead atoms. The molecule has 0 radical (unpaired) electrons. The lowest BCUT2D eigenvalue weighted by atomic mass is 9.79. The summed E-state index contributed by atoms with van der Waals surface area (Å²) < 4.78 is 6.25. The van der Waals surface area contributed by atoms with Gasteiger partial charge >= 0.3 is 0 Å². The minimum absolute atomic E-state index is 0.204. The number of aromatic nitrogens is 1. The van der Waals surface area contributed by atoms with Gasteiger partial charge in [-0.2, -0.15) is 0 Å². The van der Waals surface area contributed by atoms with E-state index in [0.29, 0.717) is 11.3 Å². The molecule has 0 aliphatic heterocycles. The van der Waals surface area contributed by atoms with Crippen LogP contribution >= 0.6 is 0 Å². The van der Waals surface area contributed by atoms with Crippen molar-refractivity contribution >= 4 is 19.9 Å². The second kappa shape index (κ2) is 10.3. The largest absolute Gasteiger partial charge is 0.405 e. The van der Waals surface area contributed by atoms with Gasteiger partial charge in [0.2, 0.25) is 0 Å². The fourth-order valence-electron chi connectivity index (χ4n) is 3.30. The zero-order chi connectivity index (χ0) is 19.9. The van der Waals surface area contributed by atoms with Gasteiger partial charge in [0.25, 0.3) is 0 Å². The van der Waals surface area contributed by atoms with E-state index >= 15 is 0 Å². The summed E-state index contributed by atoms with van der Waals surface area (Å²) in [6, 6.07) is 10.6. The second-order valence-electron chi connectivity index (χ2n) is 9.06. The molecule has 3 nitrogen and oxygen atoms in total. The van der Waals surface area contributed by atoms with E-state index < -0.39 is 9.04 Å². The SMILES string of the molecule is CC(CCC(NCCCc1ccnc2ccccc12)O[SiH](C)C)C(C)(C)C. The van der Waals surface area contributed by atoms with Crippen LogP contribution in [0.1, 0.15) is 52.5 Å². The average Bonchev–Trinajstić information content (AvgIpc) is 2.61. The predicted octanol–water partition coefficient (Wildman–Crippen LogP) is 5.55. The first-order chi connectivity index (χ1) is 12.8. The molecular weight excluding hydrogens is 348 g/mol. The Kier molecular flexibility index (Phi) is 8.46. The summed E-state index contributed by atoms with van der Waals surface area (Å²) in [6.07, 6.45) is 6.62. The maximum absolute atomic E-state index is 6.25. The molecule has 2 aromatic rings. The normalized spacial score (nSPS) is 14.6. The molecule has 0 saturated carbocycles. The Morgan fingerprint density at radius 2 is 1.85 bits per heavy atom. The number of nitrogens with zero attached hydrogens (tertiary/aromatic N) is 1. The smallest absolute Gasteiger partial charge is 0.173 e. The van der Waals surface area contributed by atoms with Gasteiger partial charge in [0, 0.05) is 11.6 Å². The van der Waals surface area contributed by atoms with Gasteiger partial charge in [-0.05, 0) is 74.4 Å². The van der Waals surface area contributed by atoms with Gasteiger partial charge in [-0.1, -0.05) is 45.9 Å². The maximum Gasteiger partial charge on any atom is 0.173 e. The van der Waals surface area contributed by atoms with E-state index in [1.54, 1.807) is 0 Å². The van der Waals surface area contributed by atoms with Crippen LogP contribution in [0.4, 0.5) is 0 Å². The molecule has 1 aromatic heterocycles. The van der Waals surface area contributed by atoms with E-state index in [9.17, 15) is 0 Å². The molecule has 1 heterocycles. The van der Waals surface area contributed by atoms with Gasteiger partial charge in [-0.15, -0.1) is 0 Å². The van der Waals surface area contributed by atoms with Crippen molar-refractivity contribution in [2.45, 2.75) is 72.7 Å². The Bertz CT molecular complexity index is 691. The summed E-state index contributed by atoms with van der Waals surface area (Å²) in [6.45, 7) is 14.9. The molecule has 0 aliphatic rings. The Labute approximate surface area is 167 Å². The zero-order valence-corrected chi connectivity index (χ0v) is 19.2. The lowest BCUT2D eigenvalue weighted by molar-refractivity contribution is 0.131. The van der Waals surface area contributed by atoms with Crippen LogP contribution in [0.15, 0.2) is 36.5 Å². The minimum Gasteiger partial charge on any atom is -0.405 e. The van der Waals surface area contributed by atoms with Crippen LogP contribution in [0.2, 0.25) is 13.1 Å². The summed E-state index contributed by atoms with van der Waals surface area (Å²) in [7, 11) is -1.05. The third-order valence-electron chi connectivity index (χ3n) is 5.51. The molecule has 0 amide bonds. The first kappa shape index (κ1) is 22.1. The molecule has 2 unspecified atom stereocenters. The fraction of sp³-hybridized carbons (Fsp3) is 0.609. The van der Waals surface area contributed by atoms with Gasteiger partial charge in [-0.3, -0.25) is 10.3 Å². The van der Waals surface area contributed by atoms with Crippen LogP contribution in [-0.4, -0.2) is 26.8 Å². The van der Waals surface area contributed by atoms with Crippen molar-refractivity contribution in [2.75, 3.05) is 6.54 Å². The van der Waals surface area contributed by atoms with Gasteiger partial charge in [0.15, 0.2) is 9.04 Å². The third kappa shape index (κ3) is 7.36. The molecule has 2 atom stereocenters. The second-order valence-corrected chi connectivity index (χ2v) is 11.4. The van der Waals surface area contributed by atoms with Crippen LogP contribution in [0.25, 0.3) is 10.9 Å². The topological polar surface area (TPSA) is 34.2 Å². The molecule has 0 fully saturated rings. The quantitative estimate of drug-likeness (QED) is 0.330. The predicted molar refractivity (Wildman–Crippen MR) is 120 cm³/mol. The molecule has 0 saturated heterocycles. The number of para-hydroxylation sites is 1. The molecule has 1 N–H and O–H groups in total. The lowest BCUT2D eigenvalue weighted by Gasteiger charge is -2.30. The summed E-state index contributed by atoms with van der Waals surface area (Å²) in [5.41, 5.74) is 2.84. The van der Waals surface area contributed by atoms with E-state index in [1.807, 2.05) is 6.20 Å². The molecule has 4 heteroatoms. The molecule has 2 rings (SSSR count). The van der Waals surface area contributed by atoms with Gasteiger partial charge < -0.3 is 4.43 Å². The average molecular weight is 387 g/mol. The maximum atomic E-state index is 6.25. The highest BCUT2D eigenvalue weighted by atomic mass is 28.3. The first-order valence-corrected chi connectivity index (χ1v) is 13.3. The minimum atomic E-state index is -1.05. The van der Waals surface area contributed by atoms with E-state index in [4.69, 9.17) is 4.43 Å². The lowest BCUT2D eigenvalue weighted by Crippen LogP contribution is -2.36. The van der Waals surface area contributed by atoms with E-state index in [0.717, 1.165) is 31.3 Å². The summed E-state index contributed by atoms with van der Waals surface area (Å²) in [5.74, 6) is 0.697. The highest BCUT2D eigenvalue weighted by Crippen LogP contribution is 2.29. The van der Waals surface area contributed by atoms with Crippen LogP contribution in [-0.2, 0) is 10.8 Å². The van der Waals surface area contributed by atoms with Crippen molar-refractivity contribution in [1.82, 2.24) is 10.3 Å². The van der Waals surface area contributed by atoms with Gasteiger partial charge in [0.1, 0.15) is 0 Å². The van der Waals surface area contributed by atoms with Crippen molar-refractivity contribution in [1.29, 1.82) is 0 Å². The number of fused-ring (bicyclic) bond motifs is 1. The van der Waals surface area contributed by atoms with E-state index in [1.165, 1.54) is 17.4 Å². The number of pyridine rings is 1. The third-order valence-corrected chi connectivity index (χ3v) is 6.38. The van der Waals surface area contributed by atoms with Gasteiger partial charge in [0.05, 0.1) is 11.7 Å². The Morgan fingerprint density at radius 1 is 1.11 bits per heavy atom. The fourth-order valence-corrected chi connectivity index (χ4v) is 4.19. The van der Waals surface area contributed by atoms with Crippen LogP contribution in [0.3, 0.4) is 0 Å². The zero-order valence-electron chi connectivity index (χ0n) is 18.1. The molecule has 0 aliphatic carbocycles. The number of benzene rings is 1. The number of aryl methyl sites for hydroxylation is 1. The van der Waals surface area contributed by atoms with Crippen LogP contribution in [0.5, 0.6) is 0 Å². The molecular formula is C23H38N2OSi. The van der Waals surface area contributed by atoms with Crippen LogP contribution < -0.4 is 5.32 Å². The summed E-state index contributed by atoms with van der Waals surface area (Å²) >= 11 is 0. The van der Waals surface area contributed by atoms with E-state index in [2.05, 4.69) is 81.4 Å². The highest BCUT2D eigenvalue weighted by molar-refractivity contribution is 6.48. The van der Waals surface area contributed by atoms with Crippen molar-refractivity contribution in [2.24, 2.45) is 11.3 Å². The highest BCUT2D eigenvalue weighted by Gasteiger charge is 2.21. The summed E-state index contributed by atoms with van der Waals surface area (Å²) in [5, 5.41) is 4.95. The number of nitrogens with one attached hydrogen (secondary N) is 1.